The number of hydrogen-bond acceptors (Lipinski definition) is 6. The van der Waals surface area contributed by atoms with Gasteiger partial charge in [0.15, 0.2) is 5.82 Å². The Morgan fingerprint density at radius 2 is 2.11 bits per heavy atom. The summed E-state index contributed by atoms with van der Waals surface area (Å²) in [5.74, 6) is 2.82. The maximum atomic E-state index is 11.0. The highest BCUT2D eigenvalue weighted by Crippen LogP contribution is 2.45. The zero-order valence-electron chi connectivity index (χ0n) is 15.7. The van der Waals surface area contributed by atoms with Gasteiger partial charge in [-0.2, -0.15) is 10.1 Å². The standard InChI is InChI=1S/C19H25N7O2/c27-18(28)21-10-19-6-3-13(4-7-19)26(11-19)17-20-8-5-15(23-17)22-16-9-14(24-25-16)12-1-2-12/h5,8-9,12-13,21H,1-4,6-7,10-11H2,(H,27,28)(H2,20,22,23,24,25). The first-order chi connectivity index (χ1) is 13.6. The van der Waals surface area contributed by atoms with Gasteiger partial charge in [0.2, 0.25) is 5.95 Å². The second-order valence-electron chi connectivity index (χ2n) is 8.37. The SMILES string of the molecule is O=C(O)NCC12CCC(CC1)N(c1nccc(Nc3cc(C4CC4)[nH]n3)n1)C2. The van der Waals surface area contributed by atoms with Crippen LogP contribution in [0.5, 0.6) is 0 Å². The molecule has 9 heteroatoms. The van der Waals surface area contributed by atoms with Gasteiger partial charge in [-0.25, -0.2) is 9.78 Å². The number of nitrogens with zero attached hydrogens (tertiary/aromatic N) is 4. The first-order valence-corrected chi connectivity index (χ1v) is 9.99. The van der Waals surface area contributed by atoms with Crippen molar-refractivity contribution < 1.29 is 9.90 Å². The maximum absolute atomic E-state index is 11.0. The number of H-pyrrole nitrogens is 1. The molecule has 0 aromatic carbocycles. The second kappa shape index (κ2) is 6.65. The van der Waals surface area contributed by atoms with E-state index in [1.807, 2.05) is 6.07 Å². The summed E-state index contributed by atoms with van der Waals surface area (Å²) in [6.07, 6.45) is 7.46. The van der Waals surface area contributed by atoms with Crippen LogP contribution in [0, 0.1) is 5.41 Å². The normalized spacial score (nSPS) is 26.3. The molecule has 4 N–H and O–H groups in total. The molecule has 2 aliphatic heterocycles. The van der Waals surface area contributed by atoms with Crippen molar-refractivity contribution in [3.05, 3.63) is 24.0 Å². The van der Waals surface area contributed by atoms with Gasteiger partial charge in [0.05, 0.1) is 0 Å². The molecular formula is C19H25N7O2. The molecule has 0 radical (unpaired) electrons. The summed E-state index contributed by atoms with van der Waals surface area (Å²) in [5, 5.41) is 22.3. The Balaban J connectivity index is 1.31. The predicted molar refractivity (Wildman–Crippen MR) is 104 cm³/mol. The van der Waals surface area contributed by atoms with Crippen LogP contribution >= 0.6 is 0 Å². The summed E-state index contributed by atoms with van der Waals surface area (Å²) in [6, 6.07) is 4.32. The molecule has 2 aromatic rings. The van der Waals surface area contributed by atoms with E-state index >= 15 is 0 Å². The summed E-state index contributed by atoms with van der Waals surface area (Å²) in [7, 11) is 0. The number of nitrogens with one attached hydrogen (secondary N) is 3. The Kier molecular flexibility index (Phi) is 4.10. The summed E-state index contributed by atoms with van der Waals surface area (Å²) >= 11 is 0. The smallest absolute Gasteiger partial charge is 0.404 e. The van der Waals surface area contributed by atoms with E-state index in [0.717, 1.165) is 43.9 Å². The van der Waals surface area contributed by atoms with Gasteiger partial charge < -0.3 is 20.6 Å². The molecule has 9 nitrogen and oxygen atoms in total. The van der Waals surface area contributed by atoms with Crippen molar-refractivity contribution in [1.29, 1.82) is 0 Å². The van der Waals surface area contributed by atoms with Crippen molar-refractivity contribution in [2.24, 2.45) is 5.41 Å². The number of hydrogen-bond donors (Lipinski definition) is 4. The van der Waals surface area contributed by atoms with E-state index in [-0.39, 0.29) is 5.41 Å². The summed E-state index contributed by atoms with van der Waals surface area (Å²) in [4.78, 5) is 22.4. The molecule has 2 bridgehead atoms. The lowest BCUT2D eigenvalue weighted by atomic mass is 9.67. The summed E-state index contributed by atoms with van der Waals surface area (Å²) in [5.41, 5.74) is 1.15. The Bertz CT molecular complexity index is 871. The van der Waals surface area contributed by atoms with E-state index in [1.54, 1.807) is 6.20 Å². The summed E-state index contributed by atoms with van der Waals surface area (Å²) < 4.78 is 0. The van der Waals surface area contributed by atoms with Crippen molar-refractivity contribution in [3.63, 3.8) is 0 Å². The van der Waals surface area contributed by atoms with Crippen LogP contribution in [0.15, 0.2) is 18.3 Å². The average Bonchev–Trinajstić information content (AvgIpc) is 3.47. The largest absolute Gasteiger partial charge is 0.465 e. The van der Waals surface area contributed by atoms with Crippen LogP contribution in [0.4, 0.5) is 22.4 Å². The highest BCUT2D eigenvalue weighted by molar-refractivity contribution is 5.64. The van der Waals surface area contributed by atoms with Crippen LogP contribution in [0.1, 0.15) is 50.1 Å². The van der Waals surface area contributed by atoms with Gasteiger partial charge in [-0.15, -0.1) is 0 Å². The minimum atomic E-state index is -0.958. The van der Waals surface area contributed by atoms with E-state index in [0.29, 0.717) is 24.5 Å². The molecule has 2 aromatic heterocycles. The lowest BCUT2D eigenvalue weighted by Gasteiger charge is -2.52. The number of aromatic amines is 1. The van der Waals surface area contributed by atoms with Gasteiger partial charge >= 0.3 is 6.09 Å². The molecule has 4 heterocycles. The molecule has 0 atom stereocenters. The van der Waals surface area contributed by atoms with E-state index in [9.17, 15) is 4.79 Å². The lowest BCUT2D eigenvalue weighted by molar-refractivity contribution is 0.116. The molecule has 2 saturated carbocycles. The molecule has 0 spiro atoms. The third-order valence-electron chi connectivity index (χ3n) is 6.35. The number of carbonyl (C=O) groups is 1. The fourth-order valence-corrected chi connectivity index (χ4v) is 4.60. The number of carboxylic acid groups (broad SMARTS) is 1. The molecule has 1 amide bonds. The molecule has 0 unspecified atom stereocenters. The predicted octanol–water partition coefficient (Wildman–Crippen LogP) is 2.84. The van der Waals surface area contributed by atoms with Crippen molar-refractivity contribution in [1.82, 2.24) is 25.5 Å². The van der Waals surface area contributed by atoms with Gasteiger partial charge in [-0.3, -0.25) is 5.10 Å². The van der Waals surface area contributed by atoms with Crippen LogP contribution in [0.25, 0.3) is 0 Å². The number of piperidine rings is 2. The molecule has 2 aliphatic carbocycles. The minimum absolute atomic E-state index is 0.0265. The third kappa shape index (κ3) is 3.36. The third-order valence-corrected chi connectivity index (χ3v) is 6.35. The first kappa shape index (κ1) is 17.3. The Hall–Kier alpha value is -2.84. The monoisotopic (exact) mass is 383 g/mol. The molecule has 2 saturated heterocycles. The fourth-order valence-electron chi connectivity index (χ4n) is 4.60. The average molecular weight is 383 g/mol. The number of anilines is 3. The molecule has 6 rings (SSSR count). The Morgan fingerprint density at radius 3 is 2.86 bits per heavy atom. The van der Waals surface area contributed by atoms with Gasteiger partial charge in [-0.05, 0) is 44.6 Å². The van der Waals surface area contributed by atoms with Crippen LogP contribution in [-0.2, 0) is 0 Å². The number of aromatic nitrogens is 4. The molecule has 28 heavy (non-hydrogen) atoms. The quantitative estimate of drug-likeness (QED) is 0.605. The van der Waals surface area contributed by atoms with Gasteiger partial charge in [-0.1, -0.05) is 0 Å². The van der Waals surface area contributed by atoms with Crippen LogP contribution < -0.4 is 15.5 Å². The molecule has 4 fully saturated rings. The fraction of sp³-hybridized carbons (Fsp3) is 0.579. The van der Waals surface area contributed by atoms with E-state index in [4.69, 9.17) is 10.1 Å². The van der Waals surface area contributed by atoms with Crippen molar-refractivity contribution >= 4 is 23.7 Å². The van der Waals surface area contributed by atoms with E-state index in [2.05, 4.69) is 36.8 Å². The minimum Gasteiger partial charge on any atom is -0.465 e. The Labute approximate surface area is 163 Å². The highest BCUT2D eigenvalue weighted by atomic mass is 16.4. The second-order valence-corrected chi connectivity index (χ2v) is 8.37. The van der Waals surface area contributed by atoms with Crippen LogP contribution in [-0.4, -0.2) is 50.5 Å². The zero-order valence-corrected chi connectivity index (χ0v) is 15.7. The van der Waals surface area contributed by atoms with Crippen molar-refractivity contribution in [2.45, 2.75) is 50.5 Å². The molecule has 148 valence electrons. The van der Waals surface area contributed by atoms with Gasteiger partial charge in [0.1, 0.15) is 5.82 Å². The van der Waals surface area contributed by atoms with E-state index in [1.165, 1.54) is 18.5 Å². The van der Waals surface area contributed by atoms with Crippen LogP contribution in [0.3, 0.4) is 0 Å². The van der Waals surface area contributed by atoms with Crippen LogP contribution in [0.2, 0.25) is 0 Å². The van der Waals surface area contributed by atoms with E-state index < -0.39 is 6.09 Å². The summed E-state index contributed by atoms with van der Waals surface area (Å²) in [6.45, 7) is 1.27. The first-order valence-electron chi connectivity index (χ1n) is 9.99. The topological polar surface area (TPSA) is 119 Å². The number of fused-ring (bicyclic) bond motifs is 3. The Morgan fingerprint density at radius 1 is 1.29 bits per heavy atom. The molecular weight excluding hydrogens is 358 g/mol. The number of rotatable bonds is 6. The van der Waals surface area contributed by atoms with Crippen molar-refractivity contribution in [2.75, 3.05) is 23.3 Å². The number of amides is 1. The van der Waals surface area contributed by atoms with Gasteiger partial charge in [0, 0.05) is 48.4 Å². The zero-order chi connectivity index (χ0) is 19.1. The molecule has 4 aliphatic rings. The maximum Gasteiger partial charge on any atom is 0.404 e. The lowest BCUT2D eigenvalue weighted by Crippen LogP contribution is -2.58. The van der Waals surface area contributed by atoms with Crippen molar-refractivity contribution in [3.8, 4) is 0 Å². The van der Waals surface area contributed by atoms with Gasteiger partial charge in [0.25, 0.3) is 0 Å². The highest BCUT2D eigenvalue weighted by Gasteiger charge is 2.45.